The SMILES string of the molecule is CCC(C)(C)C(=O)OCCCOc1ccc(S(=O)(=O)[NH2+]S(=O)(=O)C(F)(F)F)cc1. The maximum absolute atomic E-state index is 12.3. The second-order valence-corrected chi connectivity index (χ2v) is 10.6. The van der Waals surface area contributed by atoms with E-state index in [4.69, 9.17) is 9.47 Å². The van der Waals surface area contributed by atoms with Gasteiger partial charge in [0, 0.05) is 6.42 Å². The average molecular weight is 462 g/mol. The van der Waals surface area contributed by atoms with Crippen LogP contribution in [0.5, 0.6) is 5.75 Å². The molecule has 0 atom stereocenters. The third-order valence-corrected chi connectivity index (χ3v) is 7.56. The van der Waals surface area contributed by atoms with E-state index in [1.807, 2.05) is 6.92 Å². The number of quaternary nitrogens is 1. The van der Waals surface area contributed by atoms with Crippen LogP contribution in [0.1, 0.15) is 33.6 Å². The molecule has 0 aromatic heterocycles. The first kappa shape index (κ1) is 25.2. The standard InChI is InChI=1S/C16H22F3NO7S2/c1-4-15(2,3)14(21)27-11-5-10-26-12-6-8-13(9-7-12)28(22,23)20-29(24,25)16(17,18)19/h6-9,20H,4-5,10-11H2,1-3H3/p+1. The number of benzene rings is 1. The summed E-state index contributed by atoms with van der Waals surface area (Å²) >= 11 is 0. The van der Waals surface area contributed by atoms with Crippen molar-refractivity contribution in [3.63, 3.8) is 0 Å². The summed E-state index contributed by atoms with van der Waals surface area (Å²) in [4.78, 5) is 11.2. The molecule has 0 heterocycles. The molecule has 8 nitrogen and oxygen atoms in total. The highest BCUT2D eigenvalue weighted by atomic mass is 32.3. The molecule has 13 heteroatoms. The first-order valence-corrected chi connectivity index (χ1v) is 11.5. The second kappa shape index (κ2) is 9.30. The summed E-state index contributed by atoms with van der Waals surface area (Å²) in [5.74, 6) is -0.123. The number of rotatable bonds is 10. The number of nitrogens with two attached hydrogens (primary N) is 1. The van der Waals surface area contributed by atoms with Gasteiger partial charge in [0.05, 0.1) is 18.6 Å². The van der Waals surface area contributed by atoms with Crippen molar-refractivity contribution < 1.29 is 48.4 Å². The van der Waals surface area contributed by atoms with Crippen molar-refractivity contribution >= 4 is 26.0 Å². The molecule has 29 heavy (non-hydrogen) atoms. The van der Waals surface area contributed by atoms with Crippen molar-refractivity contribution in [3.8, 4) is 5.75 Å². The monoisotopic (exact) mass is 462 g/mol. The molecule has 0 radical (unpaired) electrons. The van der Waals surface area contributed by atoms with E-state index in [1.54, 1.807) is 13.8 Å². The van der Waals surface area contributed by atoms with Crippen LogP contribution in [0.15, 0.2) is 29.2 Å². The molecular weight excluding hydrogens is 439 g/mol. The molecule has 1 aromatic rings. The number of ether oxygens (including phenoxy) is 2. The summed E-state index contributed by atoms with van der Waals surface area (Å²) in [5, 5.41) is 0. The van der Waals surface area contributed by atoms with E-state index < -0.39 is 40.0 Å². The highest BCUT2D eigenvalue weighted by Crippen LogP contribution is 2.22. The van der Waals surface area contributed by atoms with E-state index in [2.05, 4.69) is 0 Å². The van der Waals surface area contributed by atoms with Crippen molar-refractivity contribution in [1.29, 1.82) is 0 Å². The van der Waals surface area contributed by atoms with E-state index in [0.29, 0.717) is 12.8 Å². The summed E-state index contributed by atoms with van der Waals surface area (Å²) < 4.78 is 92.5. The molecule has 1 rings (SSSR count). The molecule has 0 aliphatic rings. The molecule has 0 aliphatic carbocycles. The van der Waals surface area contributed by atoms with Gasteiger partial charge in [0.15, 0.2) is 0 Å². The first-order valence-electron chi connectivity index (χ1n) is 8.44. The smallest absolute Gasteiger partial charge is 0.493 e. The minimum absolute atomic E-state index is 0.124. The van der Waals surface area contributed by atoms with Crippen LogP contribution in [-0.2, 0) is 29.6 Å². The fourth-order valence-electron chi connectivity index (χ4n) is 1.76. The zero-order valence-electron chi connectivity index (χ0n) is 16.0. The number of esters is 1. The van der Waals surface area contributed by atoms with E-state index in [1.165, 1.54) is 12.1 Å². The predicted octanol–water partition coefficient (Wildman–Crippen LogP) is 1.54. The molecule has 0 fully saturated rings. The summed E-state index contributed by atoms with van der Waals surface area (Å²) in [5.41, 5.74) is -6.29. The van der Waals surface area contributed by atoms with Gasteiger partial charge in [0.25, 0.3) is 0 Å². The quantitative estimate of drug-likeness (QED) is 0.414. The van der Waals surface area contributed by atoms with E-state index in [0.717, 1.165) is 12.1 Å². The maximum Gasteiger partial charge on any atom is 0.550 e. The fraction of sp³-hybridized carbons (Fsp3) is 0.562. The van der Waals surface area contributed by atoms with Crippen molar-refractivity contribution in [1.82, 2.24) is 0 Å². The zero-order chi connectivity index (χ0) is 22.5. The number of halogens is 3. The highest BCUT2D eigenvalue weighted by molar-refractivity contribution is 7.96. The Balaban J connectivity index is 2.59. The Labute approximate surface area is 167 Å². The number of primary sulfonamides is 2. The molecule has 0 amide bonds. The number of carbonyl (C=O) groups excluding carboxylic acids is 1. The van der Waals surface area contributed by atoms with Crippen molar-refractivity contribution in [2.45, 2.75) is 44.0 Å². The van der Waals surface area contributed by atoms with Crippen molar-refractivity contribution in [2.75, 3.05) is 13.2 Å². The lowest BCUT2D eigenvalue weighted by Crippen LogP contribution is -2.92. The van der Waals surface area contributed by atoms with Crippen LogP contribution < -0.4 is 8.86 Å². The third-order valence-electron chi connectivity index (χ3n) is 3.96. The number of alkyl halides is 3. The molecule has 0 aliphatic heterocycles. The lowest BCUT2D eigenvalue weighted by atomic mass is 9.91. The zero-order valence-corrected chi connectivity index (χ0v) is 17.7. The van der Waals surface area contributed by atoms with Gasteiger partial charge in [0.1, 0.15) is 10.6 Å². The van der Waals surface area contributed by atoms with Gasteiger partial charge in [-0.1, -0.05) is 6.92 Å². The summed E-state index contributed by atoms with van der Waals surface area (Å²) in [7, 11) is -10.8. The topological polar surface area (TPSA) is 120 Å². The number of hydrogen-bond donors (Lipinski definition) is 1. The molecule has 166 valence electrons. The third kappa shape index (κ3) is 7.16. The Kier molecular flexibility index (Phi) is 8.08. The van der Waals surface area contributed by atoms with Crippen LogP contribution in [0.4, 0.5) is 13.2 Å². The highest BCUT2D eigenvalue weighted by Gasteiger charge is 2.52. The number of hydrogen-bond acceptors (Lipinski definition) is 7. The second-order valence-electron chi connectivity index (χ2n) is 6.68. The van der Waals surface area contributed by atoms with Gasteiger partial charge in [0.2, 0.25) is 0 Å². The van der Waals surface area contributed by atoms with Crippen LogP contribution in [0.2, 0.25) is 0 Å². The normalized spacial score (nSPS) is 13.2. The Morgan fingerprint density at radius 3 is 2.07 bits per heavy atom. The van der Waals surface area contributed by atoms with Crippen LogP contribution in [0, 0.1) is 5.41 Å². The van der Waals surface area contributed by atoms with Crippen LogP contribution in [0.25, 0.3) is 0 Å². The van der Waals surface area contributed by atoms with E-state index >= 15 is 0 Å². The number of carbonyl (C=O) groups is 1. The number of sulfonamides is 2. The average Bonchev–Trinajstić information content (AvgIpc) is 2.59. The molecule has 0 saturated carbocycles. The predicted molar refractivity (Wildman–Crippen MR) is 95.7 cm³/mol. The van der Waals surface area contributed by atoms with Gasteiger partial charge < -0.3 is 9.47 Å². The molecule has 1 aromatic carbocycles. The van der Waals surface area contributed by atoms with E-state index in [-0.39, 0.29) is 24.9 Å². The van der Waals surface area contributed by atoms with E-state index in [9.17, 15) is 34.8 Å². The molecule has 0 saturated heterocycles. The van der Waals surface area contributed by atoms with Gasteiger partial charge in [-0.2, -0.15) is 30.0 Å². The van der Waals surface area contributed by atoms with Gasteiger partial charge >= 0.3 is 31.5 Å². The Morgan fingerprint density at radius 1 is 1.03 bits per heavy atom. The minimum Gasteiger partial charge on any atom is -0.493 e. The molecule has 0 spiro atoms. The maximum atomic E-state index is 12.3. The van der Waals surface area contributed by atoms with Crippen LogP contribution in [0.3, 0.4) is 0 Å². The fourth-order valence-corrected chi connectivity index (χ4v) is 4.49. The first-order chi connectivity index (χ1) is 13.1. The van der Waals surface area contributed by atoms with Gasteiger partial charge in [-0.3, -0.25) is 4.79 Å². The Morgan fingerprint density at radius 2 is 1.59 bits per heavy atom. The van der Waals surface area contributed by atoms with Crippen LogP contribution >= 0.6 is 0 Å². The molecule has 0 unspecified atom stereocenters. The Hall–Kier alpha value is -1.86. The van der Waals surface area contributed by atoms with Gasteiger partial charge in [-0.05, 0) is 44.5 Å². The molecule has 0 bridgehead atoms. The largest absolute Gasteiger partial charge is 0.550 e. The summed E-state index contributed by atoms with van der Waals surface area (Å²) in [6, 6.07) is 4.20. The van der Waals surface area contributed by atoms with Crippen LogP contribution in [-0.4, -0.2) is 41.5 Å². The lowest BCUT2D eigenvalue weighted by molar-refractivity contribution is -0.329. The molecular formula is C16H23F3NO7S2+. The Bertz CT molecular complexity index is 909. The minimum atomic E-state index is -5.94. The van der Waals surface area contributed by atoms with Gasteiger partial charge in [-0.15, -0.1) is 4.13 Å². The van der Waals surface area contributed by atoms with Gasteiger partial charge in [-0.25, -0.2) is 0 Å². The molecule has 2 N–H and O–H groups in total. The summed E-state index contributed by atoms with van der Waals surface area (Å²) in [6.07, 6.45) is 0.989. The van der Waals surface area contributed by atoms with Crippen molar-refractivity contribution in [2.24, 2.45) is 5.41 Å². The summed E-state index contributed by atoms with van der Waals surface area (Å²) in [6.45, 7) is 5.65. The van der Waals surface area contributed by atoms with Crippen molar-refractivity contribution in [3.05, 3.63) is 24.3 Å². The lowest BCUT2D eigenvalue weighted by Gasteiger charge is -2.20.